The Hall–Kier alpha value is -2.40. The number of anilines is 2. The van der Waals surface area contributed by atoms with Crippen molar-refractivity contribution in [3.8, 4) is 5.75 Å². The molecule has 1 aliphatic rings. The van der Waals surface area contributed by atoms with Crippen molar-refractivity contribution in [3.63, 3.8) is 0 Å². The maximum Gasteiger partial charge on any atom is 0.255 e. The molecule has 0 radical (unpaired) electrons. The van der Waals surface area contributed by atoms with Crippen LogP contribution in [0.3, 0.4) is 0 Å². The van der Waals surface area contributed by atoms with Gasteiger partial charge in [0, 0.05) is 30.9 Å². The Morgan fingerprint density at radius 1 is 1.33 bits per heavy atom. The number of nitrogen functional groups attached to an aromatic ring is 1. The number of carbonyl (C=O) groups excluding carboxylic acids is 1. The standard InChI is InChI=1S/C18H20ClN3O2/c1-24-17-10-16(20)15(19)9-14(17)18(23)21-12-7-8-22(11-12)13-5-3-2-4-6-13/h2-6,9-10,12H,7-8,11,20H2,1H3,(H,21,23). The molecule has 3 rings (SSSR count). The lowest BCUT2D eigenvalue weighted by molar-refractivity contribution is 0.0937. The van der Waals surface area contributed by atoms with E-state index in [1.807, 2.05) is 18.2 Å². The second-order valence-corrected chi connectivity index (χ2v) is 6.22. The van der Waals surface area contributed by atoms with Crippen molar-refractivity contribution in [2.24, 2.45) is 0 Å². The van der Waals surface area contributed by atoms with E-state index in [9.17, 15) is 4.79 Å². The molecule has 6 heteroatoms. The van der Waals surface area contributed by atoms with Crippen LogP contribution in [0.15, 0.2) is 42.5 Å². The number of halogens is 1. The topological polar surface area (TPSA) is 67.6 Å². The Labute approximate surface area is 146 Å². The quantitative estimate of drug-likeness (QED) is 0.836. The Morgan fingerprint density at radius 3 is 2.79 bits per heavy atom. The van der Waals surface area contributed by atoms with E-state index in [0.717, 1.165) is 19.5 Å². The van der Waals surface area contributed by atoms with Crippen molar-refractivity contribution in [1.82, 2.24) is 5.32 Å². The number of ether oxygens (including phenoxy) is 1. The second kappa shape index (κ2) is 7.01. The Morgan fingerprint density at radius 2 is 2.08 bits per heavy atom. The third-order valence-electron chi connectivity index (χ3n) is 4.21. The Bertz CT molecular complexity index is 737. The average Bonchev–Trinajstić information content (AvgIpc) is 3.06. The highest BCUT2D eigenvalue weighted by Crippen LogP contribution is 2.29. The van der Waals surface area contributed by atoms with Crippen molar-refractivity contribution in [2.45, 2.75) is 12.5 Å². The molecule has 3 N–H and O–H groups in total. The molecular weight excluding hydrogens is 326 g/mol. The molecule has 1 saturated heterocycles. The van der Waals surface area contributed by atoms with Crippen LogP contribution in [0.2, 0.25) is 5.02 Å². The number of amides is 1. The van der Waals surface area contributed by atoms with E-state index in [-0.39, 0.29) is 11.9 Å². The molecule has 0 aromatic heterocycles. The third-order valence-corrected chi connectivity index (χ3v) is 4.54. The van der Waals surface area contributed by atoms with Gasteiger partial charge in [-0.25, -0.2) is 0 Å². The molecular formula is C18H20ClN3O2. The van der Waals surface area contributed by atoms with Crippen LogP contribution >= 0.6 is 11.6 Å². The molecule has 24 heavy (non-hydrogen) atoms. The maximum absolute atomic E-state index is 12.6. The van der Waals surface area contributed by atoms with Gasteiger partial charge in [-0.2, -0.15) is 0 Å². The minimum Gasteiger partial charge on any atom is -0.496 e. The first-order valence-corrected chi connectivity index (χ1v) is 8.20. The highest BCUT2D eigenvalue weighted by molar-refractivity contribution is 6.33. The summed E-state index contributed by atoms with van der Waals surface area (Å²) in [6.45, 7) is 1.69. The molecule has 0 bridgehead atoms. The lowest BCUT2D eigenvalue weighted by Gasteiger charge is -2.19. The van der Waals surface area contributed by atoms with E-state index >= 15 is 0 Å². The van der Waals surface area contributed by atoms with Crippen molar-refractivity contribution < 1.29 is 9.53 Å². The monoisotopic (exact) mass is 345 g/mol. The minimum atomic E-state index is -0.200. The fourth-order valence-electron chi connectivity index (χ4n) is 2.93. The minimum absolute atomic E-state index is 0.0822. The van der Waals surface area contributed by atoms with Crippen LogP contribution in [0.4, 0.5) is 11.4 Å². The SMILES string of the molecule is COc1cc(N)c(Cl)cc1C(=O)NC1CCN(c2ccccc2)C1. The summed E-state index contributed by atoms with van der Waals surface area (Å²) in [5, 5.41) is 3.40. The summed E-state index contributed by atoms with van der Waals surface area (Å²) in [4.78, 5) is 14.8. The fraction of sp³-hybridized carbons (Fsp3) is 0.278. The number of para-hydroxylation sites is 1. The normalized spacial score (nSPS) is 16.9. The van der Waals surface area contributed by atoms with Crippen molar-refractivity contribution in [1.29, 1.82) is 0 Å². The number of nitrogens with one attached hydrogen (secondary N) is 1. The molecule has 2 aromatic carbocycles. The van der Waals surface area contributed by atoms with Crippen LogP contribution in [0.5, 0.6) is 5.75 Å². The molecule has 2 aromatic rings. The lowest BCUT2D eigenvalue weighted by Crippen LogP contribution is -2.37. The highest BCUT2D eigenvalue weighted by Gasteiger charge is 2.25. The van der Waals surface area contributed by atoms with Gasteiger partial charge in [0.25, 0.3) is 5.91 Å². The van der Waals surface area contributed by atoms with Crippen LogP contribution in [-0.4, -0.2) is 32.1 Å². The van der Waals surface area contributed by atoms with E-state index in [2.05, 4.69) is 22.3 Å². The number of methoxy groups -OCH3 is 1. The van der Waals surface area contributed by atoms with Crippen molar-refractivity contribution in [2.75, 3.05) is 30.8 Å². The summed E-state index contributed by atoms with van der Waals surface area (Å²) >= 11 is 6.04. The third kappa shape index (κ3) is 3.41. The second-order valence-electron chi connectivity index (χ2n) is 5.81. The van der Waals surface area contributed by atoms with Crippen LogP contribution < -0.4 is 20.7 Å². The zero-order valence-corrected chi connectivity index (χ0v) is 14.2. The average molecular weight is 346 g/mol. The summed E-state index contributed by atoms with van der Waals surface area (Å²) in [5.74, 6) is 0.223. The van der Waals surface area contributed by atoms with E-state index in [4.69, 9.17) is 22.1 Å². The number of benzene rings is 2. The van der Waals surface area contributed by atoms with E-state index in [1.54, 1.807) is 12.1 Å². The Kier molecular flexibility index (Phi) is 4.81. The lowest BCUT2D eigenvalue weighted by atomic mass is 10.1. The van der Waals surface area contributed by atoms with Crippen molar-refractivity contribution >= 4 is 28.9 Å². The van der Waals surface area contributed by atoms with Gasteiger partial charge in [-0.05, 0) is 24.6 Å². The first-order valence-electron chi connectivity index (χ1n) is 7.82. The Balaban J connectivity index is 1.69. The molecule has 1 heterocycles. The summed E-state index contributed by atoms with van der Waals surface area (Å²) in [5.41, 5.74) is 7.72. The van der Waals surface area contributed by atoms with Gasteiger partial charge in [0.2, 0.25) is 0 Å². The first kappa shape index (κ1) is 16.5. The van der Waals surface area contributed by atoms with E-state index in [1.165, 1.54) is 12.8 Å². The molecule has 5 nitrogen and oxygen atoms in total. The van der Waals surface area contributed by atoms with Gasteiger partial charge in [-0.3, -0.25) is 4.79 Å². The molecule has 1 fully saturated rings. The van der Waals surface area contributed by atoms with Gasteiger partial charge in [0.1, 0.15) is 5.75 Å². The smallest absolute Gasteiger partial charge is 0.255 e. The zero-order valence-electron chi connectivity index (χ0n) is 13.5. The van der Waals surface area contributed by atoms with Gasteiger partial charge in [-0.15, -0.1) is 0 Å². The molecule has 0 spiro atoms. The van der Waals surface area contributed by atoms with Gasteiger partial charge in [0.05, 0.1) is 23.4 Å². The van der Waals surface area contributed by atoms with Gasteiger partial charge in [-0.1, -0.05) is 29.8 Å². The van der Waals surface area contributed by atoms with Crippen LogP contribution in [-0.2, 0) is 0 Å². The predicted octanol–water partition coefficient (Wildman–Crippen LogP) is 2.94. The summed E-state index contributed by atoms with van der Waals surface area (Å²) in [6.07, 6.45) is 0.894. The number of hydrogen-bond donors (Lipinski definition) is 2. The van der Waals surface area contributed by atoms with Crippen LogP contribution in [0.25, 0.3) is 0 Å². The molecule has 0 aliphatic carbocycles. The number of nitrogens with two attached hydrogens (primary N) is 1. The van der Waals surface area contributed by atoms with Gasteiger partial charge in [0.15, 0.2) is 0 Å². The zero-order chi connectivity index (χ0) is 17.1. The fourth-order valence-corrected chi connectivity index (χ4v) is 3.09. The highest BCUT2D eigenvalue weighted by atomic mass is 35.5. The van der Waals surface area contributed by atoms with Gasteiger partial charge >= 0.3 is 0 Å². The number of rotatable bonds is 4. The number of carbonyl (C=O) groups is 1. The molecule has 1 atom stereocenters. The van der Waals surface area contributed by atoms with Crippen molar-refractivity contribution in [3.05, 3.63) is 53.1 Å². The molecule has 1 amide bonds. The number of hydrogen-bond acceptors (Lipinski definition) is 4. The van der Waals surface area contributed by atoms with E-state index in [0.29, 0.717) is 22.0 Å². The molecule has 1 aliphatic heterocycles. The summed E-state index contributed by atoms with van der Waals surface area (Å²) < 4.78 is 5.25. The first-order chi connectivity index (χ1) is 11.6. The summed E-state index contributed by atoms with van der Waals surface area (Å²) in [6, 6.07) is 13.4. The molecule has 1 unspecified atom stereocenters. The molecule has 0 saturated carbocycles. The summed E-state index contributed by atoms with van der Waals surface area (Å²) in [7, 11) is 1.51. The predicted molar refractivity (Wildman–Crippen MR) is 96.9 cm³/mol. The largest absolute Gasteiger partial charge is 0.496 e. The van der Waals surface area contributed by atoms with Crippen LogP contribution in [0.1, 0.15) is 16.8 Å². The van der Waals surface area contributed by atoms with Crippen LogP contribution in [0, 0.1) is 0 Å². The van der Waals surface area contributed by atoms with E-state index < -0.39 is 0 Å². The van der Waals surface area contributed by atoms with Gasteiger partial charge < -0.3 is 20.7 Å². The molecule has 126 valence electrons. The number of nitrogens with zero attached hydrogens (tertiary/aromatic N) is 1. The maximum atomic E-state index is 12.6.